The zero-order valence-electron chi connectivity index (χ0n) is 15.6. The molecule has 0 spiro atoms. The number of thioether (sulfide) groups is 1. The van der Waals surface area contributed by atoms with Crippen LogP contribution in [0.3, 0.4) is 0 Å². The molecule has 2 aromatic rings. The molecule has 30 heavy (non-hydrogen) atoms. The summed E-state index contributed by atoms with van der Waals surface area (Å²) >= 11 is 2.74. The van der Waals surface area contributed by atoms with E-state index in [1.807, 2.05) is 0 Å². The third kappa shape index (κ3) is 5.11. The molecule has 1 aliphatic rings. The van der Waals surface area contributed by atoms with Crippen LogP contribution in [-0.2, 0) is 16.2 Å². The van der Waals surface area contributed by atoms with Gasteiger partial charge in [0.1, 0.15) is 19.0 Å². The number of carboxylic acid groups (broad SMARTS) is 1. The van der Waals surface area contributed by atoms with Crippen molar-refractivity contribution in [2.45, 2.75) is 6.61 Å². The van der Waals surface area contributed by atoms with Crippen LogP contribution >= 0.6 is 34.4 Å². The molecule has 0 aliphatic carbocycles. The van der Waals surface area contributed by atoms with E-state index < -0.39 is 23.7 Å². The molecule has 0 saturated carbocycles. The van der Waals surface area contributed by atoms with Crippen LogP contribution in [0.1, 0.15) is 11.1 Å². The molecule has 1 N–H and O–H groups in total. The molecule has 0 aromatic heterocycles. The van der Waals surface area contributed by atoms with Gasteiger partial charge in [0.2, 0.25) is 0 Å². The molecule has 3 rings (SSSR count). The van der Waals surface area contributed by atoms with Crippen molar-refractivity contribution in [1.29, 1.82) is 0 Å². The Balaban J connectivity index is 1.82. The lowest BCUT2D eigenvalue weighted by Crippen LogP contribution is -2.33. The number of carbonyl (C=O) groups is 3. The minimum atomic E-state index is -1.27. The summed E-state index contributed by atoms with van der Waals surface area (Å²) in [7, 11) is 1.47. The fourth-order valence-electron chi connectivity index (χ4n) is 2.62. The Kier molecular flexibility index (Phi) is 6.98. The molecule has 2 amide bonds. The fraction of sp³-hybridized carbons (Fsp3) is 0.150. The first-order valence-corrected chi connectivity index (χ1v) is 10.4. The Bertz CT molecular complexity index is 1040. The molecule has 1 aliphatic heterocycles. The molecule has 1 fully saturated rings. The van der Waals surface area contributed by atoms with Crippen molar-refractivity contribution >= 4 is 57.5 Å². The van der Waals surface area contributed by atoms with Crippen molar-refractivity contribution in [2.75, 3.05) is 13.7 Å². The van der Waals surface area contributed by atoms with E-state index in [-0.39, 0.29) is 17.3 Å². The first kappa shape index (κ1) is 22.1. The van der Waals surface area contributed by atoms with Gasteiger partial charge in [0.25, 0.3) is 11.1 Å². The Morgan fingerprint density at radius 2 is 1.97 bits per heavy atom. The number of nitrogens with zero attached hydrogens (tertiary/aromatic N) is 1. The smallest absolute Gasteiger partial charge is 0.323 e. The standard InChI is InChI=1S/C20H15FINO6S/c1-28-15-7-12(8-16-19(26)23(9-17(24)25)20(27)30-16)6-14(22)18(15)29-10-11-2-4-13(21)5-3-11/h2-8H,9-10H2,1H3,(H,24,25)/b16-8+. The first-order valence-electron chi connectivity index (χ1n) is 8.50. The van der Waals surface area contributed by atoms with Crippen molar-refractivity contribution in [3.05, 3.63) is 61.8 Å². The number of amides is 2. The molecular formula is C20H15FINO6S. The summed E-state index contributed by atoms with van der Waals surface area (Å²) in [5.41, 5.74) is 1.37. The molecule has 0 unspecified atom stereocenters. The lowest BCUT2D eigenvalue weighted by Gasteiger charge is -2.14. The maximum atomic E-state index is 13.0. The fourth-order valence-corrected chi connectivity index (χ4v) is 4.24. The number of rotatable bonds is 7. The number of hydrogen-bond acceptors (Lipinski definition) is 6. The summed E-state index contributed by atoms with van der Waals surface area (Å²) < 4.78 is 25.0. The summed E-state index contributed by atoms with van der Waals surface area (Å²) in [6.45, 7) is -0.473. The lowest BCUT2D eigenvalue weighted by molar-refractivity contribution is -0.140. The molecule has 1 saturated heterocycles. The maximum absolute atomic E-state index is 13.0. The number of imide groups is 1. The second-order valence-electron chi connectivity index (χ2n) is 6.11. The SMILES string of the molecule is COc1cc(/C=C2/SC(=O)N(CC(=O)O)C2=O)cc(I)c1OCc1ccc(F)cc1. The molecule has 7 nitrogen and oxygen atoms in total. The number of carbonyl (C=O) groups excluding carboxylic acids is 2. The third-order valence-corrected chi connectivity index (χ3v) is 5.72. The maximum Gasteiger partial charge on any atom is 0.323 e. The van der Waals surface area contributed by atoms with E-state index in [2.05, 4.69) is 22.6 Å². The van der Waals surface area contributed by atoms with Crippen molar-refractivity contribution in [2.24, 2.45) is 0 Å². The predicted octanol–water partition coefficient (Wildman–Crippen LogP) is 4.14. The summed E-state index contributed by atoms with van der Waals surface area (Å²) in [5.74, 6) is -1.35. The van der Waals surface area contributed by atoms with Crippen LogP contribution in [0.5, 0.6) is 11.5 Å². The van der Waals surface area contributed by atoms with E-state index in [0.717, 1.165) is 5.56 Å². The van der Waals surface area contributed by atoms with Crippen LogP contribution in [0.25, 0.3) is 6.08 Å². The molecule has 0 bridgehead atoms. The highest BCUT2D eigenvalue weighted by Gasteiger charge is 2.36. The number of halogens is 2. The normalized spacial score (nSPS) is 15.0. The van der Waals surface area contributed by atoms with Gasteiger partial charge >= 0.3 is 5.97 Å². The highest BCUT2D eigenvalue weighted by Crippen LogP contribution is 2.37. The van der Waals surface area contributed by atoms with E-state index in [0.29, 0.717) is 37.3 Å². The van der Waals surface area contributed by atoms with Gasteiger partial charge in [0.15, 0.2) is 11.5 Å². The summed E-state index contributed by atoms with van der Waals surface area (Å²) in [6.07, 6.45) is 1.50. The van der Waals surface area contributed by atoms with Gasteiger partial charge in [0.05, 0.1) is 15.6 Å². The summed E-state index contributed by atoms with van der Waals surface area (Å²) in [5, 5.41) is 8.21. The Morgan fingerprint density at radius 1 is 1.27 bits per heavy atom. The number of hydrogen-bond donors (Lipinski definition) is 1. The molecule has 1 heterocycles. The summed E-state index contributed by atoms with van der Waals surface area (Å²) in [6, 6.07) is 9.33. The molecule has 2 aromatic carbocycles. The van der Waals surface area contributed by atoms with Crippen LogP contribution in [0.2, 0.25) is 0 Å². The van der Waals surface area contributed by atoms with E-state index in [1.54, 1.807) is 24.3 Å². The van der Waals surface area contributed by atoms with E-state index in [9.17, 15) is 18.8 Å². The molecule has 0 atom stereocenters. The number of ether oxygens (including phenoxy) is 2. The molecular weight excluding hydrogens is 528 g/mol. The van der Waals surface area contributed by atoms with Crippen molar-refractivity contribution in [3.8, 4) is 11.5 Å². The number of benzene rings is 2. The van der Waals surface area contributed by atoms with Gasteiger partial charge in [-0.05, 0) is 75.8 Å². The van der Waals surface area contributed by atoms with Crippen LogP contribution in [-0.4, -0.2) is 40.8 Å². The largest absolute Gasteiger partial charge is 0.493 e. The minimum absolute atomic E-state index is 0.124. The molecule has 156 valence electrons. The monoisotopic (exact) mass is 543 g/mol. The highest BCUT2D eigenvalue weighted by molar-refractivity contribution is 14.1. The second-order valence-corrected chi connectivity index (χ2v) is 8.27. The van der Waals surface area contributed by atoms with E-state index >= 15 is 0 Å². The number of methoxy groups -OCH3 is 1. The van der Waals surface area contributed by atoms with Gasteiger partial charge in [-0.25, -0.2) is 4.39 Å². The number of aliphatic carboxylic acids is 1. The van der Waals surface area contributed by atoms with Crippen molar-refractivity contribution in [1.82, 2.24) is 4.90 Å². The molecule has 0 radical (unpaired) electrons. The highest BCUT2D eigenvalue weighted by atomic mass is 127. The Morgan fingerprint density at radius 3 is 2.60 bits per heavy atom. The summed E-state index contributed by atoms with van der Waals surface area (Å²) in [4.78, 5) is 35.9. The van der Waals surface area contributed by atoms with Gasteiger partial charge in [-0.3, -0.25) is 19.3 Å². The van der Waals surface area contributed by atoms with Crippen molar-refractivity contribution < 1.29 is 33.4 Å². The van der Waals surface area contributed by atoms with Gasteiger partial charge < -0.3 is 14.6 Å². The predicted molar refractivity (Wildman–Crippen MR) is 117 cm³/mol. The van der Waals surface area contributed by atoms with E-state index in [1.165, 1.54) is 25.3 Å². The molecule has 10 heteroatoms. The number of carboxylic acids is 1. The van der Waals surface area contributed by atoms with Crippen molar-refractivity contribution in [3.63, 3.8) is 0 Å². The quantitative estimate of drug-likeness (QED) is 0.415. The average Bonchev–Trinajstić information content (AvgIpc) is 2.95. The zero-order valence-corrected chi connectivity index (χ0v) is 18.5. The van der Waals surface area contributed by atoms with Crippen LogP contribution < -0.4 is 9.47 Å². The van der Waals surface area contributed by atoms with Gasteiger partial charge in [-0.2, -0.15) is 0 Å². The van der Waals surface area contributed by atoms with Crippen LogP contribution in [0.4, 0.5) is 9.18 Å². The Hall–Kier alpha value is -2.60. The zero-order chi connectivity index (χ0) is 21.8. The minimum Gasteiger partial charge on any atom is -0.493 e. The first-order chi connectivity index (χ1) is 14.3. The topological polar surface area (TPSA) is 93.1 Å². The van der Waals surface area contributed by atoms with Crippen LogP contribution in [0.15, 0.2) is 41.3 Å². The van der Waals surface area contributed by atoms with E-state index in [4.69, 9.17) is 14.6 Å². The second kappa shape index (κ2) is 9.47. The van der Waals surface area contributed by atoms with Crippen LogP contribution in [0, 0.1) is 9.39 Å². The van der Waals surface area contributed by atoms with Gasteiger partial charge in [-0.15, -0.1) is 0 Å². The lowest BCUT2D eigenvalue weighted by atomic mass is 10.1. The average molecular weight is 543 g/mol. The third-order valence-electron chi connectivity index (χ3n) is 4.01. The Labute approximate surface area is 189 Å². The van der Waals surface area contributed by atoms with Gasteiger partial charge in [0, 0.05) is 0 Å². The van der Waals surface area contributed by atoms with Gasteiger partial charge in [-0.1, -0.05) is 12.1 Å².